The summed E-state index contributed by atoms with van der Waals surface area (Å²) in [5.41, 5.74) is 1.99. The Balaban J connectivity index is 1.55. The molecule has 0 bridgehead atoms. The van der Waals surface area contributed by atoms with Crippen LogP contribution in [0.1, 0.15) is 69.2 Å². The molecule has 1 aromatic rings. The van der Waals surface area contributed by atoms with Gasteiger partial charge in [0, 0.05) is 32.2 Å². The predicted octanol–water partition coefficient (Wildman–Crippen LogP) is 4.90. The van der Waals surface area contributed by atoms with Crippen LogP contribution in [-0.4, -0.2) is 54.0 Å². The van der Waals surface area contributed by atoms with E-state index >= 15 is 0 Å². The first-order chi connectivity index (χ1) is 13.5. The van der Waals surface area contributed by atoms with Gasteiger partial charge in [0.05, 0.1) is 5.56 Å². The lowest BCUT2D eigenvalue weighted by atomic mass is 10.0. The summed E-state index contributed by atoms with van der Waals surface area (Å²) < 4.78 is 6.34. The Morgan fingerprint density at radius 3 is 2.50 bits per heavy atom. The topological polar surface area (TPSA) is 32.8 Å². The average molecular weight is 385 g/mol. The molecule has 28 heavy (non-hydrogen) atoms. The molecule has 2 fully saturated rings. The maximum absolute atomic E-state index is 13.0. The van der Waals surface area contributed by atoms with Gasteiger partial charge in [-0.1, -0.05) is 17.7 Å². The summed E-state index contributed by atoms with van der Waals surface area (Å²) in [5, 5.41) is 0. The molecule has 1 aromatic carbocycles. The van der Waals surface area contributed by atoms with Gasteiger partial charge in [0.1, 0.15) is 11.9 Å². The first kappa shape index (κ1) is 20.9. The molecule has 0 spiro atoms. The van der Waals surface area contributed by atoms with Gasteiger partial charge in [0.15, 0.2) is 0 Å². The highest BCUT2D eigenvalue weighted by molar-refractivity contribution is 5.97. The van der Waals surface area contributed by atoms with Crippen molar-refractivity contribution in [1.29, 1.82) is 0 Å². The second-order valence-corrected chi connectivity index (χ2v) is 8.55. The van der Waals surface area contributed by atoms with E-state index in [9.17, 15) is 4.79 Å². The number of benzene rings is 1. The number of ether oxygens (including phenoxy) is 1. The van der Waals surface area contributed by atoms with Crippen molar-refractivity contribution < 1.29 is 9.53 Å². The van der Waals surface area contributed by atoms with Crippen molar-refractivity contribution in [3.8, 4) is 5.75 Å². The fourth-order valence-electron chi connectivity index (χ4n) is 4.27. The lowest BCUT2D eigenvalue weighted by Gasteiger charge is -2.36. The number of carbonyl (C=O) groups excluding carboxylic acids is 1. The molecule has 0 aliphatic carbocycles. The number of para-hydroxylation sites is 1. The molecule has 0 aromatic heterocycles. The summed E-state index contributed by atoms with van der Waals surface area (Å²) >= 11 is 0. The third-order valence-electron chi connectivity index (χ3n) is 6.14. The monoisotopic (exact) mass is 384 g/mol. The van der Waals surface area contributed by atoms with E-state index in [0.717, 1.165) is 69.6 Å². The molecule has 154 valence electrons. The Kier molecular flexibility index (Phi) is 7.55. The van der Waals surface area contributed by atoms with Crippen LogP contribution in [-0.2, 0) is 0 Å². The molecule has 2 heterocycles. The standard InChI is InChI=1S/C24H36N2O2/c1-19(2)11-12-20(3)25-17-13-21(14-18-25)28-23-10-6-5-9-22(23)24(27)26-15-7-4-8-16-26/h5-6,9-10,20-21H,1,4,7-8,11-18H2,2-3H3. The van der Waals surface area contributed by atoms with E-state index < -0.39 is 0 Å². The molecule has 1 atom stereocenters. The maximum Gasteiger partial charge on any atom is 0.257 e. The number of allylic oxidation sites excluding steroid dienone is 1. The maximum atomic E-state index is 13.0. The minimum Gasteiger partial charge on any atom is -0.489 e. The summed E-state index contributed by atoms with van der Waals surface area (Å²) in [6, 6.07) is 8.37. The molecular weight excluding hydrogens is 348 g/mol. The zero-order valence-electron chi connectivity index (χ0n) is 17.7. The Morgan fingerprint density at radius 2 is 1.82 bits per heavy atom. The molecular formula is C24H36N2O2. The van der Waals surface area contributed by atoms with Gasteiger partial charge in [0.25, 0.3) is 5.91 Å². The van der Waals surface area contributed by atoms with Crippen molar-refractivity contribution in [1.82, 2.24) is 9.80 Å². The number of hydrogen-bond donors (Lipinski definition) is 0. The molecule has 2 saturated heterocycles. The van der Waals surface area contributed by atoms with Crippen LogP contribution in [0.4, 0.5) is 0 Å². The van der Waals surface area contributed by atoms with Crippen LogP contribution >= 0.6 is 0 Å². The second-order valence-electron chi connectivity index (χ2n) is 8.55. The summed E-state index contributed by atoms with van der Waals surface area (Å²) in [6.07, 6.45) is 7.95. The predicted molar refractivity (Wildman–Crippen MR) is 115 cm³/mol. The van der Waals surface area contributed by atoms with Crippen molar-refractivity contribution in [2.45, 2.75) is 70.9 Å². The van der Waals surface area contributed by atoms with Gasteiger partial charge in [-0.25, -0.2) is 0 Å². The highest BCUT2D eigenvalue weighted by atomic mass is 16.5. The Morgan fingerprint density at radius 1 is 1.14 bits per heavy atom. The second kappa shape index (κ2) is 10.1. The number of hydrogen-bond acceptors (Lipinski definition) is 3. The number of nitrogens with zero attached hydrogens (tertiary/aromatic N) is 2. The third kappa shape index (κ3) is 5.60. The number of piperidine rings is 2. The third-order valence-corrected chi connectivity index (χ3v) is 6.14. The Hall–Kier alpha value is -1.81. The fraction of sp³-hybridized carbons (Fsp3) is 0.625. The SMILES string of the molecule is C=C(C)CCC(C)N1CCC(Oc2ccccc2C(=O)N2CCCCC2)CC1. The molecule has 1 amide bonds. The molecule has 4 nitrogen and oxygen atoms in total. The van der Waals surface area contributed by atoms with Crippen LogP contribution < -0.4 is 4.74 Å². The molecule has 0 N–H and O–H groups in total. The van der Waals surface area contributed by atoms with Crippen LogP contribution in [0.2, 0.25) is 0 Å². The van der Waals surface area contributed by atoms with Gasteiger partial charge >= 0.3 is 0 Å². The molecule has 0 saturated carbocycles. The van der Waals surface area contributed by atoms with E-state index in [4.69, 9.17) is 4.74 Å². The number of carbonyl (C=O) groups is 1. The summed E-state index contributed by atoms with van der Waals surface area (Å²) in [7, 11) is 0. The van der Waals surface area contributed by atoms with Crippen LogP contribution in [0.3, 0.4) is 0 Å². The van der Waals surface area contributed by atoms with Gasteiger partial charge in [-0.15, -0.1) is 6.58 Å². The molecule has 3 rings (SSSR count). The number of amides is 1. The molecule has 0 radical (unpaired) electrons. The van der Waals surface area contributed by atoms with E-state index in [2.05, 4.69) is 25.3 Å². The molecule has 4 heteroatoms. The van der Waals surface area contributed by atoms with Crippen LogP contribution in [0.15, 0.2) is 36.4 Å². The van der Waals surface area contributed by atoms with E-state index in [-0.39, 0.29) is 12.0 Å². The molecule has 2 aliphatic rings. The van der Waals surface area contributed by atoms with Gasteiger partial charge in [-0.05, 0) is 70.9 Å². The van der Waals surface area contributed by atoms with Crippen LogP contribution in [0.25, 0.3) is 0 Å². The first-order valence-electron chi connectivity index (χ1n) is 11.0. The first-order valence-corrected chi connectivity index (χ1v) is 11.0. The lowest BCUT2D eigenvalue weighted by molar-refractivity contribution is 0.0677. The Labute approximate surface area is 170 Å². The van der Waals surface area contributed by atoms with Gasteiger partial charge in [0.2, 0.25) is 0 Å². The van der Waals surface area contributed by atoms with Gasteiger partial charge in [-0.3, -0.25) is 4.79 Å². The summed E-state index contributed by atoms with van der Waals surface area (Å²) in [5.74, 6) is 0.882. The zero-order chi connectivity index (χ0) is 19.9. The smallest absolute Gasteiger partial charge is 0.257 e. The quantitative estimate of drug-likeness (QED) is 0.627. The highest BCUT2D eigenvalue weighted by Crippen LogP contribution is 2.26. The lowest BCUT2D eigenvalue weighted by Crippen LogP contribution is -2.43. The van der Waals surface area contributed by atoms with Crippen LogP contribution in [0, 0.1) is 0 Å². The van der Waals surface area contributed by atoms with E-state index in [1.807, 2.05) is 29.2 Å². The zero-order valence-corrected chi connectivity index (χ0v) is 17.7. The van der Waals surface area contributed by atoms with E-state index in [1.165, 1.54) is 18.4 Å². The van der Waals surface area contributed by atoms with Gasteiger partial charge < -0.3 is 14.5 Å². The van der Waals surface area contributed by atoms with Crippen LogP contribution in [0.5, 0.6) is 5.75 Å². The van der Waals surface area contributed by atoms with Crippen molar-refractivity contribution in [3.63, 3.8) is 0 Å². The normalized spacial score (nSPS) is 20.0. The molecule has 2 aliphatic heterocycles. The van der Waals surface area contributed by atoms with Crippen molar-refractivity contribution >= 4 is 5.91 Å². The largest absolute Gasteiger partial charge is 0.489 e. The fourth-order valence-corrected chi connectivity index (χ4v) is 4.27. The average Bonchev–Trinajstić information content (AvgIpc) is 2.73. The van der Waals surface area contributed by atoms with E-state index in [1.54, 1.807) is 0 Å². The van der Waals surface area contributed by atoms with Crippen molar-refractivity contribution in [3.05, 3.63) is 42.0 Å². The minimum absolute atomic E-state index is 0.126. The number of rotatable bonds is 7. The number of likely N-dealkylation sites (tertiary alicyclic amines) is 2. The minimum atomic E-state index is 0.126. The van der Waals surface area contributed by atoms with Gasteiger partial charge in [-0.2, -0.15) is 0 Å². The van der Waals surface area contributed by atoms with E-state index in [0.29, 0.717) is 6.04 Å². The Bertz CT molecular complexity index is 658. The highest BCUT2D eigenvalue weighted by Gasteiger charge is 2.26. The molecule has 1 unspecified atom stereocenters. The summed E-state index contributed by atoms with van der Waals surface area (Å²) in [6.45, 7) is 12.3. The summed E-state index contributed by atoms with van der Waals surface area (Å²) in [4.78, 5) is 17.5. The van der Waals surface area contributed by atoms with Crippen molar-refractivity contribution in [2.24, 2.45) is 0 Å². The van der Waals surface area contributed by atoms with Crippen molar-refractivity contribution in [2.75, 3.05) is 26.2 Å².